The van der Waals surface area contributed by atoms with E-state index in [-0.39, 0.29) is 0 Å². The van der Waals surface area contributed by atoms with Crippen LogP contribution in [0.1, 0.15) is 19.8 Å². The number of rotatable bonds is 3. The van der Waals surface area contributed by atoms with Crippen molar-refractivity contribution < 1.29 is 4.74 Å². The molecule has 0 amide bonds. The first-order valence-electron chi connectivity index (χ1n) is 8.64. The summed E-state index contributed by atoms with van der Waals surface area (Å²) < 4.78 is 6.08. The number of anilines is 1. The van der Waals surface area contributed by atoms with Crippen LogP contribution in [0.3, 0.4) is 0 Å². The van der Waals surface area contributed by atoms with Gasteiger partial charge in [-0.1, -0.05) is 30.7 Å². The Morgan fingerprint density at radius 3 is 2.28 bits per heavy atom. The van der Waals surface area contributed by atoms with Gasteiger partial charge < -0.3 is 9.64 Å². The lowest BCUT2D eigenvalue weighted by Gasteiger charge is -2.31. The first-order chi connectivity index (χ1) is 12.2. The van der Waals surface area contributed by atoms with Crippen LogP contribution in [0.4, 0.5) is 5.82 Å². The SMILES string of the molecule is CC1CCN(c2nc3ccccc3nc2Oc2ccc(Cl)cc2)CC1. The molecule has 128 valence electrons. The quantitative estimate of drug-likeness (QED) is 0.639. The van der Waals surface area contributed by atoms with Crippen LogP contribution >= 0.6 is 11.6 Å². The number of fused-ring (bicyclic) bond motifs is 1. The Morgan fingerprint density at radius 2 is 1.60 bits per heavy atom. The second-order valence-corrected chi connectivity index (χ2v) is 7.00. The van der Waals surface area contributed by atoms with Crippen molar-refractivity contribution in [1.29, 1.82) is 0 Å². The molecule has 2 heterocycles. The molecule has 0 aliphatic carbocycles. The number of piperidine rings is 1. The van der Waals surface area contributed by atoms with Gasteiger partial charge in [0, 0.05) is 18.1 Å². The smallest absolute Gasteiger partial charge is 0.263 e. The number of halogens is 1. The van der Waals surface area contributed by atoms with Crippen molar-refractivity contribution >= 4 is 28.5 Å². The molecule has 1 saturated heterocycles. The fraction of sp³-hybridized carbons (Fsp3) is 0.300. The summed E-state index contributed by atoms with van der Waals surface area (Å²) in [5.74, 6) is 2.84. The first kappa shape index (κ1) is 16.2. The topological polar surface area (TPSA) is 38.2 Å². The minimum absolute atomic E-state index is 0.551. The minimum Gasteiger partial charge on any atom is -0.436 e. The van der Waals surface area contributed by atoms with Crippen molar-refractivity contribution in [1.82, 2.24) is 9.97 Å². The van der Waals surface area contributed by atoms with Crippen LogP contribution in [0.15, 0.2) is 48.5 Å². The van der Waals surface area contributed by atoms with Crippen molar-refractivity contribution in [2.24, 2.45) is 5.92 Å². The fourth-order valence-electron chi connectivity index (χ4n) is 3.08. The second-order valence-electron chi connectivity index (χ2n) is 6.57. The number of benzene rings is 2. The molecule has 3 aromatic rings. The van der Waals surface area contributed by atoms with Gasteiger partial charge in [-0.15, -0.1) is 0 Å². The average molecular weight is 354 g/mol. The molecule has 0 atom stereocenters. The zero-order chi connectivity index (χ0) is 17.2. The van der Waals surface area contributed by atoms with E-state index in [9.17, 15) is 0 Å². The number of hydrogen-bond acceptors (Lipinski definition) is 4. The molecular weight excluding hydrogens is 334 g/mol. The summed E-state index contributed by atoms with van der Waals surface area (Å²) in [6.45, 7) is 4.25. The highest BCUT2D eigenvalue weighted by Gasteiger charge is 2.22. The van der Waals surface area contributed by atoms with Gasteiger partial charge in [-0.05, 0) is 55.2 Å². The maximum Gasteiger partial charge on any atom is 0.263 e. The highest BCUT2D eigenvalue weighted by atomic mass is 35.5. The summed E-state index contributed by atoms with van der Waals surface area (Å²) in [6, 6.07) is 15.2. The molecule has 0 N–H and O–H groups in total. The van der Waals surface area contributed by atoms with Crippen LogP contribution in [0.2, 0.25) is 5.02 Å². The fourth-order valence-corrected chi connectivity index (χ4v) is 3.21. The van der Waals surface area contributed by atoms with Gasteiger partial charge in [0.1, 0.15) is 5.75 Å². The van der Waals surface area contributed by atoms with Crippen LogP contribution in [-0.2, 0) is 0 Å². The molecule has 0 unspecified atom stereocenters. The standard InChI is InChI=1S/C20H20ClN3O/c1-14-10-12-24(13-11-14)19-20(25-16-8-6-15(21)7-9-16)23-18-5-3-2-4-17(18)22-19/h2-9,14H,10-13H2,1H3. The van der Waals surface area contributed by atoms with E-state index in [4.69, 9.17) is 26.3 Å². The Bertz CT molecular complexity index is 874. The molecule has 2 aromatic carbocycles. The number of hydrogen-bond donors (Lipinski definition) is 0. The summed E-state index contributed by atoms with van der Waals surface area (Å²) in [4.78, 5) is 11.9. The van der Waals surface area contributed by atoms with Crippen LogP contribution in [-0.4, -0.2) is 23.1 Å². The normalized spacial score (nSPS) is 15.5. The Morgan fingerprint density at radius 1 is 0.960 bits per heavy atom. The molecule has 4 rings (SSSR count). The zero-order valence-electron chi connectivity index (χ0n) is 14.2. The zero-order valence-corrected chi connectivity index (χ0v) is 14.9. The van der Waals surface area contributed by atoms with Gasteiger partial charge in [-0.3, -0.25) is 0 Å². The van der Waals surface area contributed by atoms with E-state index in [1.54, 1.807) is 0 Å². The number of para-hydroxylation sites is 2. The van der Waals surface area contributed by atoms with Crippen molar-refractivity contribution in [2.75, 3.05) is 18.0 Å². The first-order valence-corrected chi connectivity index (χ1v) is 9.02. The van der Waals surface area contributed by atoms with Crippen molar-refractivity contribution in [2.45, 2.75) is 19.8 Å². The molecule has 5 heteroatoms. The number of aromatic nitrogens is 2. The molecule has 1 fully saturated rings. The van der Waals surface area contributed by atoms with Gasteiger partial charge in [-0.25, -0.2) is 9.97 Å². The van der Waals surface area contributed by atoms with E-state index < -0.39 is 0 Å². The Labute approximate surface area is 152 Å². The monoisotopic (exact) mass is 353 g/mol. The van der Waals surface area contributed by atoms with Crippen LogP contribution in [0, 0.1) is 5.92 Å². The van der Waals surface area contributed by atoms with Gasteiger partial charge in [-0.2, -0.15) is 0 Å². The third kappa shape index (κ3) is 3.54. The van der Waals surface area contributed by atoms with E-state index >= 15 is 0 Å². The highest BCUT2D eigenvalue weighted by Crippen LogP contribution is 2.33. The van der Waals surface area contributed by atoms with Gasteiger partial charge in [0.2, 0.25) is 0 Å². The lowest BCUT2D eigenvalue weighted by molar-refractivity contribution is 0.423. The number of ether oxygens (including phenoxy) is 1. The molecule has 0 bridgehead atoms. The van der Waals surface area contributed by atoms with E-state index in [1.807, 2.05) is 48.5 Å². The lowest BCUT2D eigenvalue weighted by Crippen LogP contribution is -2.33. The van der Waals surface area contributed by atoms with E-state index in [1.165, 1.54) is 0 Å². The van der Waals surface area contributed by atoms with Crippen LogP contribution < -0.4 is 9.64 Å². The van der Waals surface area contributed by atoms with Gasteiger partial charge >= 0.3 is 0 Å². The van der Waals surface area contributed by atoms with E-state index in [2.05, 4.69) is 11.8 Å². The summed E-state index contributed by atoms with van der Waals surface area (Å²) >= 11 is 5.97. The maximum absolute atomic E-state index is 6.08. The molecular formula is C20H20ClN3O. The Kier molecular flexibility index (Phi) is 4.45. The predicted molar refractivity (Wildman–Crippen MR) is 102 cm³/mol. The molecule has 25 heavy (non-hydrogen) atoms. The summed E-state index contributed by atoms with van der Waals surface area (Å²) in [7, 11) is 0. The van der Waals surface area contributed by atoms with Crippen LogP contribution in [0.25, 0.3) is 11.0 Å². The lowest BCUT2D eigenvalue weighted by atomic mass is 9.99. The average Bonchev–Trinajstić information content (AvgIpc) is 2.64. The van der Waals surface area contributed by atoms with Crippen molar-refractivity contribution in [3.63, 3.8) is 0 Å². The van der Waals surface area contributed by atoms with Gasteiger partial charge in [0.25, 0.3) is 5.88 Å². The summed E-state index contributed by atoms with van der Waals surface area (Å²) in [6.07, 6.45) is 2.32. The Balaban J connectivity index is 1.74. The molecule has 1 aliphatic rings. The molecule has 1 aliphatic heterocycles. The highest BCUT2D eigenvalue weighted by molar-refractivity contribution is 6.30. The largest absolute Gasteiger partial charge is 0.436 e. The third-order valence-electron chi connectivity index (χ3n) is 4.63. The second kappa shape index (κ2) is 6.89. The van der Waals surface area contributed by atoms with Crippen molar-refractivity contribution in [3.8, 4) is 11.6 Å². The van der Waals surface area contributed by atoms with Crippen molar-refractivity contribution in [3.05, 3.63) is 53.6 Å². The van der Waals surface area contributed by atoms with Crippen LogP contribution in [0.5, 0.6) is 11.6 Å². The maximum atomic E-state index is 6.08. The molecule has 4 nitrogen and oxygen atoms in total. The van der Waals surface area contributed by atoms with E-state index in [0.717, 1.165) is 48.7 Å². The third-order valence-corrected chi connectivity index (χ3v) is 4.88. The van der Waals surface area contributed by atoms with Gasteiger partial charge in [0.15, 0.2) is 5.82 Å². The molecule has 0 spiro atoms. The minimum atomic E-state index is 0.551. The molecule has 1 aromatic heterocycles. The molecule has 0 radical (unpaired) electrons. The van der Waals surface area contributed by atoms with Gasteiger partial charge in [0.05, 0.1) is 11.0 Å². The number of nitrogens with zero attached hydrogens (tertiary/aromatic N) is 3. The Hall–Kier alpha value is -2.33. The van der Waals surface area contributed by atoms with E-state index in [0.29, 0.717) is 16.7 Å². The predicted octanol–water partition coefficient (Wildman–Crippen LogP) is 5.31. The summed E-state index contributed by atoms with van der Waals surface area (Å²) in [5, 5.41) is 0.683. The summed E-state index contributed by atoms with van der Waals surface area (Å²) in [5.41, 5.74) is 1.72. The molecule has 0 saturated carbocycles.